The lowest BCUT2D eigenvalue weighted by molar-refractivity contribution is -0.137. The van der Waals surface area contributed by atoms with Crippen molar-refractivity contribution in [2.24, 2.45) is 5.73 Å². The van der Waals surface area contributed by atoms with E-state index in [2.05, 4.69) is 0 Å². The van der Waals surface area contributed by atoms with Crippen LogP contribution in [0.15, 0.2) is 42.5 Å². The topological polar surface area (TPSA) is 46.2 Å². The molecule has 2 unspecified atom stereocenters. The molecule has 7 heteroatoms. The summed E-state index contributed by atoms with van der Waals surface area (Å²) < 4.78 is 63.4. The summed E-state index contributed by atoms with van der Waals surface area (Å²) >= 11 is 0. The molecule has 0 saturated heterocycles. The van der Waals surface area contributed by atoms with E-state index in [0.717, 1.165) is 24.3 Å². The van der Waals surface area contributed by atoms with Crippen LogP contribution in [-0.4, -0.2) is 11.1 Å². The first-order chi connectivity index (χ1) is 10.7. The van der Waals surface area contributed by atoms with E-state index in [1.54, 1.807) is 0 Å². The zero-order valence-electron chi connectivity index (χ0n) is 11.8. The van der Waals surface area contributed by atoms with Gasteiger partial charge in [-0.05, 0) is 41.8 Å². The molecule has 0 aliphatic heterocycles. The van der Waals surface area contributed by atoms with Gasteiger partial charge in [0.05, 0.1) is 11.7 Å². The van der Waals surface area contributed by atoms with E-state index in [1.807, 2.05) is 0 Å². The third-order valence-corrected chi connectivity index (χ3v) is 3.44. The van der Waals surface area contributed by atoms with Gasteiger partial charge in [0.2, 0.25) is 0 Å². The summed E-state index contributed by atoms with van der Waals surface area (Å²) in [5, 5.41) is 10.1. The van der Waals surface area contributed by atoms with Crippen LogP contribution in [0.1, 0.15) is 22.8 Å². The molecule has 0 fully saturated rings. The lowest BCUT2D eigenvalue weighted by atomic mass is 9.96. The third-order valence-electron chi connectivity index (χ3n) is 3.44. The van der Waals surface area contributed by atoms with Crippen molar-refractivity contribution in [3.8, 4) is 0 Å². The summed E-state index contributed by atoms with van der Waals surface area (Å²) in [4.78, 5) is 0. The molecule has 0 heterocycles. The monoisotopic (exact) mass is 331 g/mol. The van der Waals surface area contributed by atoms with Gasteiger partial charge in [-0.2, -0.15) is 13.2 Å². The van der Waals surface area contributed by atoms with Crippen LogP contribution in [0.3, 0.4) is 0 Å². The summed E-state index contributed by atoms with van der Waals surface area (Å²) in [7, 11) is 0. The lowest BCUT2D eigenvalue weighted by Crippen LogP contribution is -2.30. The fourth-order valence-electron chi connectivity index (χ4n) is 2.16. The van der Waals surface area contributed by atoms with Gasteiger partial charge in [-0.15, -0.1) is 0 Å². The molecule has 0 bridgehead atoms. The number of benzene rings is 2. The van der Waals surface area contributed by atoms with E-state index < -0.39 is 35.5 Å². The van der Waals surface area contributed by atoms with Crippen LogP contribution >= 0.6 is 0 Å². The fraction of sp³-hybridized carbons (Fsp3) is 0.250. The van der Waals surface area contributed by atoms with Gasteiger partial charge in [-0.3, -0.25) is 0 Å². The second kappa shape index (κ2) is 6.64. The van der Waals surface area contributed by atoms with Gasteiger partial charge >= 0.3 is 6.18 Å². The highest BCUT2D eigenvalue weighted by molar-refractivity contribution is 5.27. The number of hydrogen-bond donors (Lipinski definition) is 2. The SMILES string of the molecule is NC(Cc1ccc(C(F)(F)F)cc1)C(O)c1ccc(F)c(F)c1. The number of alkyl halides is 3. The molecular weight excluding hydrogens is 317 g/mol. The molecule has 2 nitrogen and oxygen atoms in total. The molecule has 0 amide bonds. The highest BCUT2D eigenvalue weighted by Crippen LogP contribution is 2.29. The van der Waals surface area contributed by atoms with E-state index in [4.69, 9.17) is 5.73 Å². The van der Waals surface area contributed by atoms with Crippen LogP contribution in [0.4, 0.5) is 22.0 Å². The van der Waals surface area contributed by atoms with Crippen LogP contribution in [0.25, 0.3) is 0 Å². The van der Waals surface area contributed by atoms with Crippen molar-refractivity contribution >= 4 is 0 Å². The summed E-state index contributed by atoms with van der Waals surface area (Å²) in [5.41, 5.74) is 5.62. The maximum atomic E-state index is 13.2. The molecule has 0 spiro atoms. The summed E-state index contributed by atoms with van der Waals surface area (Å²) in [5.74, 6) is -2.15. The van der Waals surface area contributed by atoms with E-state index in [-0.39, 0.29) is 12.0 Å². The predicted octanol–water partition coefficient (Wildman–Crippen LogP) is 3.59. The van der Waals surface area contributed by atoms with Gasteiger partial charge in [0.1, 0.15) is 0 Å². The minimum Gasteiger partial charge on any atom is -0.387 e. The predicted molar refractivity (Wildman–Crippen MR) is 74.4 cm³/mol. The number of aliphatic hydroxyl groups is 1. The first-order valence-electron chi connectivity index (χ1n) is 6.73. The minimum absolute atomic E-state index is 0.0816. The van der Waals surface area contributed by atoms with E-state index in [1.165, 1.54) is 18.2 Å². The van der Waals surface area contributed by atoms with Crippen LogP contribution in [0, 0.1) is 11.6 Å². The Morgan fingerprint density at radius 3 is 2.09 bits per heavy atom. The number of aliphatic hydroxyl groups excluding tert-OH is 1. The summed E-state index contributed by atoms with van der Waals surface area (Å²) in [6.45, 7) is 0. The maximum Gasteiger partial charge on any atom is 0.416 e. The molecule has 23 heavy (non-hydrogen) atoms. The second-order valence-corrected chi connectivity index (χ2v) is 5.18. The Hall–Kier alpha value is -1.99. The third kappa shape index (κ3) is 4.27. The highest BCUT2D eigenvalue weighted by atomic mass is 19.4. The van der Waals surface area contributed by atoms with Gasteiger partial charge in [-0.25, -0.2) is 8.78 Å². The second-order valence-electron chi connectivity index (χ2n) is 5.18. The normalized spacial score (nSPS) is 14.6. The standard InChI is InChI=1S/C16H14F5NO/c17-12-6-3-10(8-13(12)18)15(23)14(22)7-9-1-4-11(5-2-9)16(19,20)21/h1-6,8,14-15,23H,7,22H2. The fourth-order valence-corrected chi connectivity index (χ4v) is 2.16. The van der Waals surface area contributed by atoms with Crippen molar-refractivity contribution in [3.63, 3.8) is 0 Å². The quantitative estimate of drug-likeness (QED) is 0.841. The molecule has 124 valence electrons. The average molecular weight is 331 g/mol. The molecule has 2 rings (SSSR count). The molecule has 0 radical (unpaired) electrons. The van der Waals surface area contributed by atoms with Crippen molar-refractivity contribution in [1.82, 2.24) is 0 Å². The van der Waals surface area contributed by atoms with Crippen molar-refractivity contribution in [2.75, 3.05) is 0 Å². The molecule has 2 atom stereocenters. The Morgan fingerprint density at radius 1 is 0.957 bits per heavy atom. The van der Waals surface area contributed by atoms with Gasteiger partial charge in [0.25, 0.3) is 0 Å². The molecule has 2 aromatic rings. The Balaban J connectivity index is 2.08. The van der Waals surface area contributed by atoms with E-state index in [0.29, 0.717) is 5.56 Å². The minimum atomic E-state index is -4.42. The molecule has 2 aromatic carbocycles. The van der Waals surface area contributed by atoms with Gasteiger partial charge in [-0.1, -0.05) is 18.2 Å². The molecule has 0 aliphatic rings. The van der Waals surface area contributed by atoms with E-state index in [9.17, 15) is 27.1 Å². The Kier molecular flexibility index (Phi) is 5.01. The van der Waals surface area contributed by atoms with Crippen LogP contribution in [0.2, 0.25) is 0 Å². The highest BCUT2D eigenvalue weighted by Gasteiger charge is 2.30. The van der Waals surface area contributed by atoms with E-state index >= 15 is 0 Å². The van der Waals surface area contributed by atoms with Gasteiger partial charge in [0.15, 0.2) is 11.6 Å². The first-order valence-corrected chi connectivity index (χ1v) is 6.73. The van der Waals surface area contributed by atoms with Gasteiger partial charge < -0.3 is 10.8 Å². The molecule has 0 saturated carbocycles. The largest absolute Gasteiger partial charge is 0.416 e. The smallest absolute Gasteiger partial charge is 0.387 e. The zero-order valence-corrected chi connectivity index (χ0v) is 11.8. The Bertz CT molecular complexity index is 669. The maximum absolute atomic E-state index is 13.2. The van der Waals surface area contributed by atoms with Crippen LogP contribution in [0.5, 0.6) is 0 Å². The van der Waals surface area contributed by atoms with Crippen molar-refractivity contribution < 1.29 is 27.1 Å². The number of nitrogens with two attached hydrogens (primary N) is 1. The molecule has 0 aromatic heterocycles. The van der Waals surface area contributed by atoms with Crippen molar-refractivity contribution in [3.05, 3.63) is 70.8 Å². The molecule has 3 N–H and O–H groups in total. The van der Waals surface area contributed by atoms with Crippen molar-refractivity contribution in [1.29, 1.82) is 0 Å². The zero-order chi connectivity index (χ0) is 17.2. The van der Waals surface area contributed by atoms with Crippen LogP contribution < -0.4 is 5.73 Å². The molecular formula is C16H14F5NO. The Morgan fingerprint density at radius 2 is 1.57 bits per heavy atom. The van der Waals surface area contributed by atoms with Crippen LogP contribution in [-0.2, 0) is 12.6 Å². The Labute approximate surface area is 129 Å². The average Bonchev–Trinajstić information content (AvgIpc) is 2.49. The number of halogens is 5. The summed E-state index contributed by atoms with van der Waals surface area (Å²) in [6, 6.07) is 6.41. The lowest BCUT2D eigenvalue weighted by Gasteiger charge is -2.19. The summed E-state index contributed by atoms with van der Waals surface area (Å²) in [6.07, 6.45) is -5.61. The first kappa shape index (κ1) is 17.4. The molecule has 0 aliphatic carbocycles. The number of hydrogen-bond acceptors (Lipinski definition) is 2. The van der Waals surface area contributed by atoms with Crippen molar-refractivity contribution in [2.45, 2.75) is 24.7 Å². The number of rotatable bonds is 4. The van der Waals surface area contributed by atoms with Gasteiger partial charge in [0, 0.05) is 6.04 Å².